The zero-order valence-electron chi connectivity index (χ0n) is 21.5. The van der Waals surface area contributed by atoms with Crippen molar-refractivity contribution in [2.24, 2.45) is 0 Å². The Morgan fingerprint density at radius 3 is 1.95 bits per heavy atom. The lowest BCUT2D eigenvalue weighted by Gasteiger charge is -2.43. The van der Waals surface area contributed by atoms with Crippen LogP contribution in [0.1, 0.15) is 85.7 Å². The molecular weight excluding hydrogens is 477 g/mol. The van der Waals surface area contributed by atoms with Crippen LogP contribution in [0.4, 0.5) is 13.2 Å². The number of benzene rings is 2. The molecule has 1 saturated heterocycles. The fraction of sp³-hybridized carbons (Fsp3) is 0.567. The third-order valence-electron chi connectivity index (χ3n) is 8.80. The molecule has 0 spiro atoms. The maximum atomic E-state index is 13.5. The molecule has 3 aliphatic rings. The number of hydrogen-bond donors (Lipinski definition) is 1. The minimum absolute atomic E-state index is 0.109. The van der Waals surface area contributed by atoms with Gasteiger partial charge in [-0.3, -0.25) is 4.79 Å². The van der Waals surface area contributed by atoms with Gasteiger partial charge in [0.15, 0.2) is 5.60 Å². The Kier molecular flexibility index (Phi) is 7.38. The minimum Gasteiger partial charge on any atom is -0.376 e. The van der Waals surface area contributed by atoms with Gasteiger partial charge in [0.1, 0.15) is 0 Å². The van der Waals surface area contributed by atoms with Gasteiger partial charge in [-0.2, -0.15) is 13.2 Å². The third-order valence-corrected chi connectivity index (χ3v) is 8.80. The van der Waals surface area contributed by atoms with Crippen molar-refractivity contribution in [3.63, 3.8) is 0 Å². The number of halogens is 3. The van der Waals surface area contributed by atoms with E-state index in [1.165, 1.54) is 55.5 Å². The predicted octanol–water partition coefficient (Wildman–Crippen LogP) is 6.25. The van der Waals surface area contributed by atoms with Crippen molar-refractivity contribution in [2.45, 2.75) is 94.1 Å². The van der Waals surface area contributed by atoms with Gasteiger partial charge < -0.3 is 14.9 Å². The molecule has 1 unspecified atom stereocenters. The number of amides is 1. The molecule has 0 aromatic heterocycles. The lowest BCUT2D eigenvalue weighted by atomic mass is 9.81. The van der Waals surface area contributed by atoms with Crippen LogP contribution in [0.15, 0.2) is 54.6 Å². The van der Waals surface area contributed by atoms with Crippen LogP contribution in [0, 0.1) is 0 Å². The molecule has 2 aromatic rings. The van der Waals surface area contributed by atoms with Gasteiger partial charge in [0.05, 0.1) is 0 Å². The van der Waals surface area contributed by atoms with Crippen molar-refractivity contribution in [3.8, 4) is 0 Å². The molecule has 2 saturated carbocycles. The average Bonchev–Trinajstić information content (AvgIpc) is 3.74. The van der Waals surface area contributed by atoms with E-state index in [0.717, 1.165) is 45.7 Å². The maximum Gasteiger partial charge on any atom is 0.421 e. The summed E-state index contributed by atoms with van der Waals surface area (Å²) in [5, 5.41) is 9.94. The Labute approximate surface area is 217 Å². The van der Waals surface area contributed by atoms with Crippen LogP contribution in [0.2, 0.25) is 0 Å². The van der Waals surface area contributed by atoms with Crippen LogP contribution in [-0.4, -0.2) is 58.2 Å². The van der Waals surface area contributed by atoms with E-state index in [1.54, 1.807) is 0 Å². The fourth-order valence-corrected chi connectivity index (χ4v) is 6.26. The molecule has 1 N–H and O–H groups in total. The molecule has 7 heteroatoms. The van der Waals surface area contributed by atoms with Crippen LogP contribution < -0.4 is 0 Å². The first-order chi connectivity index (χ1) is 17.6. The second kappa shape index (κ2) is 10.4. The minimum atomic E-state index is -4.78. The van der Waals surface area contributed by atoms with E-state index >= 15 is 0 Å². The number of carbonyl (C=O) groups is 1. The van der Waals surface area contributed by atoms with E-state index in [0.29, 0.717) is 17.5 Å². The number of likely N-dealkylation sites (tertiary alicyclic amines) is 1. The van der Waals surface area contributed by atoms with Gasteiger partial charge in [0, 0.05) is 36.8 Å². The Balaban J connectivity index is 1.18. The van der Waals surface area contributed by atoms with E-state index in [2.05, 4.69) is 35.2 Å². The first-order valence-corrected chi connectivity index (χ1v) is 13.7. The van der Waals surface area contributed by atoms with Crippen LogP contribution in [0.25, 0.3) is 0 Å². The number of aliphatic hydroxyl groups is 1. The first kappa shape index (κ1) is 26.2. The zero-order valence-corrected chi connectivity index (χ0v) is 21.5. The van der Waals surface area contributed by atoms with Crippen molar-refractivity contribution >= 4 is 5.91 Å². The quantitative estimate of drug-likeness (QED) is 0.496. The molecule has 5 rings (SSSR count). The van der Waals surface area contributed by atoms with Crippen LogP contribution in [-0.2, 0) is 5.60 Å². The van der Waals surface area contributed by atoms with Crippen LogP contribution >= 0.6 is 0 Å². The lowest BCUT2D eigenvalue weighted by Crippen LogP contribution is -2.51. The molecule has 4 nitrogen and oxygen atoms in total. The highest BCUT2D eigenvalue weighted by Crippen LogP contribution is 2.40. The van der Waals surface area contributed by atoms with Crippen molar-refractivity contribution in [1.29, 1.82) is 0 Å². The molecule has 0 bridgehead atoms. The predicted molar refractivity (Wildman–Crippen MR) is 137 cm³/mol. The van der Waals surface area contributed by atoms with Gasteiger partial charge in [-0.15, -0.1) is 0 Å². The summed E-state index contributed by atoms with van der Waals surface area (Å²) in [4.78, 5) is 18.1. The summed E-state index contributed by atoms with van der Waals surface area (Å²) in [6.07, 6.45) is 3.91. The summed E-state index contributed by atoms with van der Waals surface area (Å²) < 4.78 is 39.6. The lowest BCUT2D eigenvalue weighted by molar-refractivity contribution is -0.258. The van der Waals surface area contributed by atoms with E-state index in [1.807, 2.05) is 4.90 Å². The molecule has 1 heterocycles. The number of alkyl halides is 3. The molecule has 200 valence electrons. The number of nitrogens with zero attached hydrogens (tertiary/aromatic N) is 2. The fourth-order valence-electron chi connectivity index (χ4n) is 6.26. The van der Waals surface area contributed by atoms with E-state index in [-0.39, 0.29) is 23.6 Å². The van der Waals surface area contributed by atoms with Crippen molar-refractivity contribution < 1.29 is 23.1 Å². The van der Waals surface area contributed by atoms with Gasteiger partial charge in [0.2, 0.25) is 0 Å². The Morgan fingerprint density at radius 2 is 1.41 bits per heavy atom. The van der Waals surface area contributed by atoms with E-state index in [9.17, 15) is 23.1 Å². The summed E-state index contributed by atoms with van der Waals surface area (Å²) in [7, 11) is 0. The number of piperidine rings is 1. The number of rotatable bonds is 6. The Hall–Kier alpha value is -2.38. The highest BCUT2D eigenvalue weighted by Gasteiger charge is 2.51. The molecule has 37 heavy (non-hydrogen) atoms. The number of carbonyl (C=O) groups excluding carboxylic acids is 1. The van der Waals surface area contributed by atoms with E-state index in [4.69, 9.17) is 0 Å². The molecule has 2 aromatic carbocycles. The zero-order chi connectivity index (χ0) is 26.2. The first-order valence-electron chi connectivity index (χ1n) is 13.7. The molecule has 2 aliphatic carbocycles. The summed E-state index contributed by atoms with van der Waals surface area (Å²) >= 11 is 0. The van der Waals surface area contributed by atoms with Crippen molar-refractivity contribution in [2.75, 3.05) is 13.1 Å². The van der Waals surface area contributed by atoms with E-state index < -0.39 is 11.8 Å². The highest BCUT2D eigenvalue weighted by molar-refractivity contribution is 5.95. The molecule has 3 fully saturated rings. The third kappa shape index (κ3) is 5.58. The molecule has 1 amide bonds. The molecule has 1 aliphatic heterocycles. The smallest absolute Gasteiger partial charge is 0.376 e. The Morgan fingerprint density at radius 1 is 0.838 bits per heavy atom. The monoisotopic (exact) mass is 514 g/mol. The maximum absolute atomic E-state index is 13.5. The van der Waals surface area contributed by atoms with Crippen LogP contribution in [0.3, 0.4) is 0 Å². The SMILES string of the molecule is CC(O)(c1ccc(C(=O)N(C2CC2)C2CCN([C@H]3CC[C@H](c4ccccc4)CC3)CC2)cc1)C(F)(F)F. The summed E-state index contributed by atoms with van der Waals surface area (Å²) in [6.45, 7) is 2.70. The van der Waals surface area contributed by atoms with Gasteiger partial charge in [-0.25, -0.2) is 0 Å². The van der Waals surface area contributed by atoms with Crippen molar-refractivity contribution in [1.82, 2.24) is 9.80 Å². The average molecular weight is 515 g/mol. The van der Waals surface area contributed by atoms with Gasteiger partial charge in [-0.05, 0) is 87.5 Å². The standard InChI is InChI=1S/C30H37F3N2O2/c1-29(37,30(31,32)33)24-11-7-23(8-12-24)28(36)35(26-15-16-26)27-17-19-34(20-18-27)25-13-9-22(10-14-25)21-5-3-2-4-6-21/h2-8,11-12,22,25-27,37H,9-10,13-20H2,1H3/t22-,25-,29?. The van der Waals surface area contributed by atoms with Gasteiger partial charge >= 0.3 is 6.18 Å². The largest absolute Gasteiger partial charge is 0.421 e. The Bertz CT molecular complexity index is 1050. The van der Waals surface area contributed by atoms with Gasteiger partial charge in [0.25, 0.3) is 5.91 Å². The normalized spacial score (nSPS) is 25.4. The molecular formula is C30H37F3N2O2. The second-order valence-corrected chi connectivity index (χ2v) is 11.3. The number of hydrogen-bond acceptors (Lipinski definition) is 3. The highest BCUT2D eigenvalue weighted by atomic mass is 19.4. The summed E-state index contributed by atoms with van der Waals surface area (Å²) in [5.41, 5.74) is -1.37. The molecule has 0 radical (unpaired) electrons. The van der Waals surface area contributed by atoms with Gasteiger partial charge in [-0.1, -0.05) is 42.5 Å². The molecule has 1 atom stereocenters. The van der Waals surface area contributed by atoms with Crippen LogP contribution in [0.5, 0.6) is 0 Å². The topological polar surface area (TPSA) is 43.8 Å². The second-order valence-electron chi connectivity index (χ2n) is 11.3. The summed E-state index contributed by atoms with van der Waals surface area (Å²) in [5.74, 6) is 0.548. The van der Waals surface area contributed by atoms with Crippen molar-refractivity contribution in [3.05, 3.63) is 71.3 Å². The summed E-state index contributed by atoms with van der Waals surface area (Å²) in [6, 6.07) is 17.1.